The number of esters is 2. The van der Waals surface area contributed by atoms with Crippen molar-refractivity contribution in [3.8, 4) is 0 Å². The highest BCUT2D eigenvalue weighted by Gasteiger charge is 2.22. The molecule has 0 heterocycles. The molecule has 0 spiro atoms. The minimum Gasteiger partial charge on any atom is -0.756 e. The molecule has 82 heavy (non-hydrogen) atoms. The van der Waals surface area contributed by atoms with Crippen LogP contribution in [0.15, 0.2) is 134 Å². The van der Waals surface area contributed by atoms with Gasteiger partial charge in [0.05, 0.1) is 27.7 Å². The van der Waals surface area contributed by atoms with Gasteiger partial charge in [-0.15, -0.1) is 0 Å². The molecule has 10 heteroatoms. The second-order valence-corrected chi connectivity index (χ2v) is 24.1. The Morgan fingerprint density at radius 3 is 0.976 bits per heavy atom. The minimum absolute atomic E-state index is 0.0378. The predicted octanol–water partition coefficient (Wildman–Crippen LogP) is 20.6. The third-order valence-corrected chi connectivity index (χ3v) is 14.6. The van der Waals surface area contributed by atoms with Crippen LogP contribution in [0.1, 0.15) is 258 Å². The van der Waals surface area contributed by atoms with Crippen molar-refractivity contribution in [2.75, 3.05) is 47.5 Å². The van der Waals surface area contributed by atoms with E-state index in [0.717, 1.165) is 122 Å². The van der Waals surface area contributed by atoms with Crippen LogP contribution >= 0.6 is 7.82 Å². The third-order valence-electron chi connectivity index (χ3n) is 13.7. The highest BCUT2D eigenvalue weighted by Crippen LogP contribution is 2.38. The van der Waals surface area contributed by atoms with Crippen molar-refractivity contribution >= 4 is 19.8 Å². The Morgan fingerprint density at radius 2 is 0.659 bits per heavy atom. The molecule has 0 fully saturated rings. The van der Waals surface area contributed by atoms with Crippen LogP contribution in [-0.2, 0) is 32.7 Å². The monoisotopic (exact) mass is 1160 g/mol. The van der Waals surface area contributed by atoms with Crippen molar-refractivity contribution in [1.82, 2.24) is 0 Å². The molecular formula is C72H122NO8P. The third kappa shape index (κ3) is 65.3. The van der Waals surface area contributed by atoms with E-state index in [1.807, 2.05) is 21.1 Å². The summed E-state index contributed by atoms with van der Waals surface area (Å²) < 4.78 is 34.3. The maximum atomic E-state index is 12.9. The first-order chi connectivity index (χ1) is 40.0. The molecule has 0 radical (unpaired) electrons. The Balaban J connectivity index is 4.12. The quantitative estimate of drug-likeness (QED) is 0.0195. The average molecular weight is 1160 g/mol. The molecule has 0 amide bonds. The van der Waals surface area contributed by atoms with Crippen LogP contribution in [0.25, 0.3) is 0 Å². The maximum absolute atomic E-state index is 12.9. The molecule has 0 aliphatic carbocycles. The largest absolute Gasteiger partial charge is 0.756 e. The maximum Gasteiger partial charge on any atom is 0.306 e. The summed E-state index contributed by atoms with van der Waals surface area (Å²) in [5.74, 6) is -0.844. The number of carbonyl (C=O) groups is 2. The van der Waals surface area contributed by atoms with Crippen molar-refractivity contribution < 1.29 is 42.1 Å². The summed E-state index contributed by atoms with van der Waals surface area (Å²) in [6.07, 6.45) is 89.4. The number of ether oxygens (including phenoxy) is 2. The van der Waals surface area contributed by atoms with Crippen molar-refractivity contribution in [3.05, 3.63) is 134 Å². The molecule has 468 valence electrons. The van der Waals surface area contributed by atoms with Crippen LogP contribution < -0.4 is 4.89 Å². The molecule has 0 saturated heterocycles. The van der Waals surface area contributed by atoms with Crippen LogP contribution in [0.2, 0.25) is 0 Å². The zero-order valence-corrected chi connectivity index (χ0v) is 54.0. The molecule has 0 aromatic carbocycles. The smallest absolute Gasteiger partial charge is 0.306 e. The number of hydrogen-bond donors (Lipinski definition) is 0. The van der Waals surface area contributed by atoms with Crippen LogP contribution in [0, 0.1) is 0 Å². The fourth-order valence-electron chi connectivity index (χ4n) is 8.69. The molecule has 9 nitrogen and oxygen atoms in total. The lowest BCUT2D eigenvalue weighted by Gasteiger charge is -2.28. The Bertz CT molecular complexity index is 1850. The van der Waals surface area contributed by atoms with Gasteiger partial charge >= 0.3 is 11.9 Å². The van der Waals surface area contributed by atoms with Crippen molar-refractivity contribution in [2.24, 2.45) is 0 Å². The van der Waals surface area contributed by atoms with Gasteiger partial charge in [0.25, 0.3) is 7.82 Å². The molecule has 2 unspecified atom stereocenters. The topological polar surface area (TPSA) is 111 Å². The van der Waals surface area contributed by atoms with Gasteiger partial charge in [0, 0.05) is 12.8 Å². The normalized spacial score (nSPS) is 14.1. The van der Waals surface area contributed by atoms with Gasteiger partial charge in [-0.25, -0.2) is 0 Å². The van der Waals surface area contributed by atoms with Gasteiger partial charge in [-0.3, -0.25) is 14.2 Å². The number of nitrogens with zero attached hydrogens (tertiary/aromatic N) is 1. The highest BCUT2D eigenvalue weighted by molar-refractivity contribution is 7.45. The molecule has 0 aromatic heterocycles. The van der Waals surface area contributed by atoms with Gasteiger partial charge < -0.3 is 27.9 Å². The molecule has 0 aromatic rings. The van der Waals surface area contributed by atoms with Gasteiger partial charge in [-0.1, -0.05) is 270 Å². The summed E-state index contributed by atoms with van der Waals surface area (Å²) in [7, 11) is 1.15. The first kappa shape index (κ1) is 78.1. The van der Waals surface area contributed by atoms with Crippen molar-refractivity contribution in [2.45, 2.75) is 264 Å². The van der Waals surface area contributed by atoms with Crippen molar-refractivity contribution in [3.63, 3.8) is 0 Å². The Morgan fingerprint density at radius 1 is 0.378 bits per heavy atom. The van der Waals surface area contributed by atoms with Gasteiger partial charge in [0.15, 0.2) is 6.10 Å². The number of rotatable bonds is 59. The second-order valence-electron chi connectivity index (χ2n) is 22.7. The summed E-state index contributed by atoms with van der Waals surface area (Å²) in [4.78, 5) is 38.0. The van der Waals surface area contributed by atoms with E-state index < -0.39 is 32.5 Å². The highest BCUT2D eigenvalue weighted by atomic mass is 31.2. The van der Waals surface area contributed by atoms with E-state index in [0.29, 0.717) is 17.4 Å². The molecule has 0 aliphatic heterocycles. The lowest BCUT2D eigenvalue weighted by atomic mass is 10.0. The molecule has 0 aliphatic rings. The Hall–Kier alpha value is -3.85. The minimum atomic E-state index is -4.65. The molecular weight excluding hydrogens is 1040 g/mol. The fraction of sp³-hybridized carbons (Fsp3) is 0.667. The van der Waals surface area contributed by atoms with Crippen LogP contribution in [0.5, 0.6) is 0 Å². The summed E-state index contributed by atoms with van der Waals surface area (Å²) in [5, 5.41) is 0. The number of quaternary nitrogens is 1. The number of phosphoric ester groups is 1. The Kier molecular flexibility index (Phi) is 58.8. The number of unbranched alkanes of at least 4 members (excludes halogenated alkanes) is 23. The summed E-state index contributed by atoms with van der Waals surface area (Å²) in [6.45, 7) is 4.01. The number of phosphoric acid groups is 1. The average Bonchev–Trinajstić information content (AvgIpc) is 3.46. The van der Waals surface area contributed by atoms with E-state index in [9.17, 15) is 19.0 Å². The van der Waals surface area contributed by atoms with Crippen LogP contribution in [0.3, 0.4) is 0 Å². The molecule has 0 rings (SSSR count). The van der Waals surface area contributed by atoms with E-state index in [2.05, 4.69) is 148 Å². The Labute approximate surface area is 504 Å². The first-order valence-electron chi connectivity index (χ1n) is 32.9. The number of allylic oxidation sites excluding steroid dienone is 22. The SMILES string of the molecule is CC/C=C\C/C=C\C/C=C\C/C=C\C/C=C\C/C=C\CCCCCCCCCCCCCCCCC(=O)OC(COC(=O)CCCCCCCCCCC/C=C\C/C=C\C/C=C\C/C=C\C/C=C\CC)COP(=O)([O-])OCC[N+](C)(C)C. The summed E-state index contributed by atoms with van der Waals surface area (Å²) in [5.41, 5.74) is 0. The molecule has 0 N–H and O–H groups in total. The number of carbonyl (C=O) groups excluding carboxylic acids is 2. The van der Waals surface area contributed by atoms with E-state index in [-0.39, 0.29) is 26.1 Å². The predicted molar refractivity (Wildman–Crippen MR) is 351 cm³/mol. The van der Waals surface area contributed by atoms with Gasteiger partial charge in [0.1, 0.15) is 19.8 Å². The second kappa shape index (κ2) is 61.7. The summed E-state index contributed by atoms with van der Waals surface area (Å²) >= 11 is 0. The van der Waals surface area contributed by atoms with E-state index in [4.69, 9.17) is 18.5 Å². The van der Waals surface area contributed by atoms with Gasteiger partial charge in [0.2, 0.25) is 0 Å². The summed E-state index contributed by atoms with van der Waals surface area (Å²) in [6, 6.07) is 0. The van der Waals surface area contributed by atoms with Gasteiger partial charge in [-0.2, -0.15) is 0 Å². The van der Waals surface area contributed by atoms with Crippen molar-refractivity contribution in [1.29, 1.82) is 0 Å². The van der Waals surface area contributed by atoms with E-state index >= 15 is 0 Å². The molecule has 0 saturated carbocycles. The van der Waals surface area contributed by atoms with Crippen LogP contribution in [-0.4, -0.2) is 70.0 Å². The standard InChI is InChI=1S/C72H122NO8P/c1-6-8-10-12-14-16-18-20-22-24-26-28-30-32-33-34-35-36-37-38-39-41-43-45-47-49-51-53-55-57-59-61-63-65-72(75)81-70(69-80-82(76,77)79-67-66-73(3,4)5)68-78-71(74)64-62-60-58-56-54-52-50-48-46-44-42-40-31-29-27-25-23-21-19-17-15-13-11-9-7-2/h8-11,14-17,20-23,26-29,32-33,35-36,40,42,70H,6-7,12-13,18-19,24-25,30-31,34,37-39,41,43-69H2,1-5H3/b10-8-,11-9-,16-14-,17-15-,22-20-,23-21-,28-26-,29-27-,33-32-,36-35-,42-40-. The molecule has 2 atom stereocenters. The van der Waals surface area contributed by atoms with E-state index in [1.54, 1.807) is 0 Å². The zero-order chi connectivity index (χ0) is 59.8. The van der Waals surface area contributed by atoms with Crippen LogP contribution in [0.4, 0.5) is 0 Å². The fourth-order valence-corrected chi connectivity index (χ4v) is 9.42. The molecule has 0 bridgehead atoms. The lowest BCUT2D eigenvalue weighted by molar-refractivity contribution is -0.870. The zero-order valence-electron chi connectivity index (χ0n) is 53.1. The van der Waals surface area contributed by atoms with E-state index in [1.165, 1.54) is 103 Å². The van der Waals surface area contributed by atoms with Gasteiger partial charge in [-0.05, 0) is 109 Å². The first-order valence-corrected chi connectivity index (χ1v) is 34.4. The number of likely N-dealkylation sites (N-methyl/N-ethyl adjacent to an activating group) is 1. The number of hydrogen-bond acceptors (Lipinski definition) is 8. The lowest BCUT2D eigenvalue weighted by Crippen LogP contribution is -2.37.